The van der Waals surface area contributed by atoms with Gasteiger partial charge in [-0.3, -0.25) is 0 Å². The highest BCUT2D eigenvalue weighted by Crippen LogP contribution is 2.25. The van der Waals surface area contributed by atoms with Crippen molar-refractivity contribution >= 4 is 23.1 Å². The highest BCUT2D eigenvalue weighted by Gasteiger charge is 2.29. The zero-order valence-electron chi connectivity index (χ0n) is 18.6. The summed E-state index contributed by atoms with van der Waals surface area (Å²) in [5.74, 6) is 0.275. The number of oxazole rings is 1. The van der Waals surface area contributed by atoms with Gasteiger partial charge < -0.3 is 23.9 Å². The van der Waals surface area contributed by atoms with Crippen LogP contribution in [0.15, 0.2) is 83.3 Å². The minimum Gasteiger partial charge on any atom is -0.492 e. The molecule has 4 aromatic rings. The molecule has 0 aliphatic carbocycles. The quantitative estimate of drug-likeness (QED) is 0.360. The number of anilines is 1. The Balaban J connectivity index is 1.49. The number of aliphatic carboxylic acids is 1. The molecule has 4 rings (SSSR count). The third-order valence-electron chi connectivity index (χ3n) is 5.11. The molecule has 0 atom stereocenters. The molecule has 0 saturated carbocycles. The van der Waals surface area contributed by atoms with Crippen molar-refractivity contribution in [1.29, 1.82) is 0 Å². The maximum absolute atomic E-state index is 11.3. The first kappa shape index (κ1) is 22.2. The largest absolute Gasteiger partial charge is 0.492 e. The van der Waals surface area contributed by atoms with E-state index in [9.17, 15) is 9.90 Å². The van der Waals surface area contributed by atoms with Crippen LogP contribution in [0.25, 0.3) is 11.1 Å². The van der Waals surface area contributed by atoms with Crippen molar-refractivity contribution in [2.24, 2.45) is 0 Å². The second-order valence-corrected chi connectivity index (χ2v) is 8.11. The number of benzene rings is 3. The fourth-order valence-electron chi connectivity index (χ4n) is 3.25. The molecule has 0 aliphatic rings. The molecule has 0 fully saturated rings. The van der Waals surface area contributed by atoms with Crippen LogP contribution in [0.5, 0.6) is 11.5 Å². The summed E-state index contributed by atoms with van der Waals surface area (Å²) >= 11 is 0. The number of hydrogen-bond acceptors (Lipinski definition) is 6. The molecule has 1 aromatic heterocycles. The highest BCUT2D eigenvalue weighted by molar-refractivity contribution is 5.76. The summed E-state index contributed by atoms with van der Waals surface area (Å²) in [4.78, 5) is 18.0. The van der Waals surface area contributed by atoms with Gasteiger partial charge in [0, 0.05) is 6.54 Å². The number of ether oxygens (including phenoxy) is 2. The van der Waals surface area contributed by atoms with Crippen LogP contribution in [0.3, 0.4) is 0 Å². The Morgan fingerprint density at radius 3 is 2.36 bits per heavy atom. The molecule has 170 valence electrons. The molecule has 0 unspecified atom stereocenters. The van der Waals surface area contributed by atoms with Crippen LogP contribution in [-0.4, -0.2) is 34.8 Å². The summed E-state index contributed by atoms with van der Waals surface area (Å²) in [7, 11) is 0. The number of rotatable bonds is 10. The molecule has 33 heavy (non-hydrogen) atoms. The van der Waals surface area contributed by atoms with Crippen molar-refractivity contribution in [2.45, 2.75) is 26.0 Å². The number of hydrogen-bond donors (Lipinski definition) is 1. The van der Waals surface area contributed by atoms with E-state index in [0.29, 0.717) is 31.5 Å². The normalized spacial score (nSPS) is 11.3. The van der Waals surface area contributed by atoms with E-state index in [2.05, 4.69) is 4.98 Å². The maximum atomic E-state index is 11.3. The third kappa shape index (κ3) is 5.63. The molecule has 0 bridgehead atoms. The molecule has 0 radical (unpaired) electrons. The van der Waals surface area contributed by atoms with Gasteiger partial charge in [0.1, 0.15) is 23.6 Å². The van der Waals surface area contributed by atoms with Crippen LogP contribution in [0.2, 0.25) is 0 Å². The molecule has 1 N–H and O–H groups in total. The van der Waals surface area contributed by atoms with Crippen molar-refractivity contribution in [3.63, 3.8) is 0 Å². The summed E-state index contributed by atoms with van der Waals surface area (Å²) in [6.45, 7) is 4.59. The Hall–Kier alpha value is -4.00. The first-order valence-corrected chi connectivity index (χ1v) is 10.7. The van der Waals surface area contributed by atoms with Crippen LogP contribution >= 0.6 is 0 Å². The number of carboxylic acid groups (broad SMARTS) is 1. The second-order valence-electron chi connectivity index (χ2n) is 8.11. The average molecular weight is 447 g/mol. The van der Waals surface area contributed by atoms with E-state index >= 15 is 0 Å². The smallest absolute Gasteiger partial charge is 0.347 e. The van der Waals surface area contributed by atoms with Crippen molar-refractivity contribution in [2.75, 3.05) is 18.1 Å². The Kier molecular flexibility index (Phi) is 6.49. The number of fused-ring (bicyclic) bond motifs is 1. The molecule has 0 saturated heterocycles. The van der Waals surface area contributed by atoms with Gasteiger partial charge in [0.25, 0.3) is 6.01 Å². The molecule has 1 heterocycles. The van der Waals surface area contributed by atoms with E-state index in [1.165, 1.54) is 13.8 Å². The van der Waals surface area contributed by atoms with E-state index in [0.717, 1.165) is 22.4 Å². The van der Waals surface area contributed by atoms with Crippen molar-refractivity contribution < 1.29 is 23.8 Å². The predicted molar refractivity (Wildman–Crippen MR) is 126 cm³/mol. The lowest BCUT2D eigenvalue weighted by atomic mass is 10.1. The standard InChI is InChI=1S/C26H26N2O5/c1-26(2,24(29)30)33-21-14-12-19(13-15-21)18-28(16-17-31-20-8-4-3-5-9-20)25-27-22-10-6-7-11-23(22)32-25/h3-15H,16-18H2,1-2H3,(H,29,30). The van der Waals surface area contributed by atoms with Crippen LogP contribution in [-0.2, 0) is 11.3 Å². The molecule has 0 spiro atoms. The van der Waals surface area contributed by atoms with Gasteiger partial charge in [-0.05, 0) is 55.8 Å². The van der Waals surface area contributed by atoms with Gasteiger partial charge in [0.2, 0.25) is 0 Å². The van der Waals surface area contributed by atoms with Gasteiger partial charge >= 0.3 is 5.97 Å². The van der Waals surface area contributed by atoms with Crippen LogP contribution in [0.4, 0.5) is 6.01 Å². The number of nitrogens with zero attached hydrogens (tertiary/aromatic N) is 2. The summed E-state index contributed by atoms with van der Waals surface area (Å²) in [6.07, 6.45) is 0. The Labute approximate surface area is 192 Å². The molecule has 0 amide bonds. The molecule has 7 heteroatoms. The van der Waals surface area contributed by atoms with Crippen molar-refractivity contribution in [3.8, 4) is 11.5 Å². The topological polar surface area (TPSA) is 85.0 Å². The van der Waals surface area contributed by atoms with Gasteiger partial charge in [-0.1, -0.05) is 42.5 Å². The number of aromatic nitrogens is 1. The summed E-state index contributed by atoms with van der Waals surface area (Å²) < 4.78 is 17.5. The lowest BCUT2D eigenvalue weighted by Crippen LogP contribution is -2.37. The molecule has 3 aromatic carbocycles. The fraction of sp³-hybridized carbons (Fsp3) is 0.231. The number of carboxylic acids is 1. The van der Waals surface area contributed by atoms with Gasteiger partial charge in [0.15, 0.2) is 11.2 Å². The zero-order valence-corrected chi connectivity index (χ0v) is 18.6. The van der Waals surface area contributed by atoms with Gasteiger partial charge in [-0.2, -0.15) is 4.98 Å². The van der Waals surface area contributed by atoms with Crippen LogP contribution in [0.1, 0.15) is 19.4 Å². The van der Waals surface area contributed by atoms with Gasteiger partial charge in [-0.25, -0.2) is 4.79 Å². The molecular weight excluding hydrogens is 420 g/mol. The SMILES string of the molecule is CC(C)(Oc1ccc(CN(CCOc2ccccc2)c2nc3ccccc3o2)cc1)C(=O)O. The van der Waals surface area contributed by atoms with E-state index < -0.39 is 11.6 Å². The summed E-state index contributed by atoms with van der Waals surface area (Å²) in [5.41, 5.74) is 1.21. The van der Waals surface area contributed by atoms with E-state index in [4.69, 9.17) is 13.9 Å². The van der Waals surface area contributed by atoms with E-state index in [-0.39, 0.29) is 0 Å². The maximum Gasteiger partial charge on any atom is 0.347 e. The zero-order chi connectivity index (χ0) is 23.3. The summed E-state index contributed by atoms with van der Waals surface area (Å²) in [6, 6.07) is 25.2. The van der Waals surface area contributed by atoms with Gasteiger partial charge in [-0.15, -0.1) is 0 Å². The Bertz CT molecular complexity index is 1170. The lowest BCUT2D eigenvalue weighted by Gasteiger charge is -2.23. The predicted octanol–water partition coefficient (Wildman–Crippen LogP) is 5.16. The molecule has 7 nitrogen and oxygen atoms in total. The second kappa shape index (κ2) is 9.65. The van der Waals surface area contributed by atoms with Crippen LogP contribution < -0.4 is 14.4 Å². The Morgan fingerprint density at radius 2 is 1.67 bits per heavy atom. The highest BCUT2D eigenvalue weighted by atomic mass is 16.5. The first-order chi connectivity index (χ1) is 15.9. The Morgan fingerprint density at radius 1 is 0.970 bits per heavy atom. The van der Waals surface area contributed by atoms with E-state index in [1.54, 1.807) is 12.1 Å². The average Bonchev–Trinajstić information content (AvgIpc) is 3.24. The van der Waals surface area contributed by atoms with E-state index in [1.807, 2.05) is 71.6 Å². The molecule has 0 aliphatic heterocycles. The minimum absolute atomic E-state index is 0.455. The third-order valence-corrected chi connectivity index (χ3v) is 5.11. The van der Waals surface area contributed by atoms with Gasteiger partial charge in [0.05, 0.1) is 6.54 Å². The van der Waals surface area contributed by atoms with Crippen molar-refractivity contribution in [1.82, 2.24) is 4.98 Å². The summed E-state index contributed by atoms with van der Waals surface area (Å²) in [5, 5.41) is 9.27. The molecular formula is C26H26N2O5. The fourth-order valence-corrected chi connectivity index (χ4v) is 3.25. The minimum atomic E-state index is -1.31. The number of carbonyl (C=O) groups is 1. The number of para-hydroxylation sites is 3. The van der Waals surface area contributed by atoms with Crippen LogP contribution in [0, 0.1) is 0 Å². The monoisotopic (exact) mass is 446 g/mol. The lowest BCUT2D eigenvalue weighted by molar-refractivity contribution is -0.152. The first-order valence-electron chi connectivity index (χ1n) is 10.7. The van der Waals surface area contributed by atoms with Crippen molar-refractivity contribution in [3.05, 3.63) is 84.4 Å².